The second kappa shape index (κ2) is 17.5. The minimum atomic E-state index is -0.214. The SMILES string of the molecule is CCCCNc1nc(NCc2ccc(C(=O)NCCOCCOCCN)cc2)nc(NC2CCC(O)CC2)n1. The highest BCUT2D eigenvalue weighted by atomic mass is 16.5. The van der Waals surface area contributed by atoms with Crippen LogP contribution in [0.1, 0.15) is 61.4 Å². The predicted octanol–water partition coefficient (Wildman–Crippen LogP) is 2.13. The number of nitrogens with zero attached hydrogens (tertiary/aromatic N) is 3. The largest absolute Gasteiger partial charge is 0.393 e. The lowest BCUT2D eigenvalue weighted by Crippen LogP contribution is -2.29. The lowest BCUT2D eigenvalue weighted by Gasteiger charge is -2.26. The summed E-state index contributed by atoms with van der Waals surface area (Å²) in [5.74, 6) is 1.37. The van der Waals surface area contributed by atoms with Crippen LogP contribution >= 0.6 is 0 Å². The molecule has 7 N–H and O–H groups in total. The number of unbranched alkanes of at least 4 members (excludes halogenated alkanes) is 1. The number of ether oxygens (including phenoxy) is 2. The molecule has 3 rings (SSSR count). The molecule has 12 nitrogen and oxygen atoms in total. The third kappa shape index (κ3) is 11.7. The Kier molecular flexibility index (Phi) is 13.7. The van der Waals surface area contributed by atoms with E-state index in [1.54, 1.807) is 12.1 Å². The van der Waals surface area contributed by atoms with Crippen LogP contribution < -0.4 is 27.0 Å². The average molecular weight is 545 g/mol. The summed E-state index contributed by atoms with van der Waals surface area (Å²) >= 11 is 0. The molecule has 0 spiro atoms. The number of nitrogens with two attached hydrogens (primary N) is 1. The lowest BCUT2D eigenvalue weighted by atomic mass is 9.93. The first kappa shape index (κ1) is 30.5. The van der Waals surface area contributed by atoms with E-state index in [1.165, 1.54) is 0 Å². The van der Waals surface area contributed by atoms with Crippen molar-refractivity contribution in [2.75, 3.05) is 62.0 Å². The number of aromatic nitrogens is 3. The summed E-state index contributed by atoms with van der Waals surface area (Å²) < 4.78 is 10.7. The van der Waals surface area contributed by atoms with Crippen LogP contribution in [0.25, 0.3) is 0 Å². The molecule has 0 saturated heterocycles. The lowest BCUT2D eigenvalue weighted by molar-refractivity contribution is 0.0511. The van der Waals surface area contributed by atoms with E-state index in [9.17, 15) is 9.90 Å². The first-order valence-corrected chi connectivity index (χ1v) is 14.0. The van der Waals surface area contributed by atoms with E-state index in [4.69, 9.17) is 15.2 Å². The first-order chi connectivity index (χ1) is 19.1. The maximum Gasteiger partial charge on any atom is 0.251 e. The molecule has 0 atom stereocenters. The molecule has 1 aliphatic carbocycles. The minimum absolute atomic E-state index is 0.149. The van der Waals surface area contributed by atoms with E-state index in [0.29, 0.717) is 69.5 Å². The Balaban J connectivity index is 1.48. The van der Waals surface area contributed by atoms with Gasteiger partial charge in [-0.05, 0) is 49.8 Å². The number of aliphatic hydroxyl groups excluding tert-OH is 1. The molecular weight excluding hydrogens is 500 g/mol. The molecule has 1 saturated carbocycles. The molecular formula is C27H44N8O4. The van der Waals surface area contributed by atoms with Gasteiger partial charge in [0.05, 0.1) is 32.5 Å². The maximum absolute atomic E-state index is 12.4. The number of benzene rings is 1. The zero-order valence-electron chi connectivity index (χ0n) is 23.0. The summed E-state index contributed by atoms with van der Waals surface area (Å²) in [4.78, 5) is 26.0. The van der Waals surface area contributed by atoms with Crippen molar-refractivity contribution in [1.29, 1.82) is 0 Å². The Morgan fingerprint density at radius 2 is 1.59 bits per heavy atom. The van der Waals surface area contributed by atoms with Gasteiger partial charge in [0.2, 0.25) is 17.8 Å². The molecule has 0 bridgehead atoms. The van der Waals surface area contributed by atoms with Crippen LogP contribution in [0.15, 0.2) is 24.3 Å². The van der Waals surface area contributed by atoms with Gasteiger partial charge in [0.1, 0.15) is 0 Å². The normalized spacial score (nSPS) is 17.0. The van der Waals surface area contributed by atoms with Crippen molar-refractivity contribution in [3.8, 4) is 0 Å². The maximum atomic E-state index is 12.4. The Morgan fingerprint density at radius 1 is 0.923 bits per heavy atom. The summed E-state index contributed by atoms with van der Waals surface area (Å²) in [6, 6.07) is 7.63. The third-order valence-electron chi connectivity index (χ3n) is 6.31. The molecule has 2 aromatic rings. The van der Waals surface area contributed by atoms with E-state index in [-0.39, 0.29) is 18.1 Å². The van der Waals surface area contributed by atoms with Crippen molar-refractivity contribution >= 4 is 23.8 Å². The van der Waals surface area contributed by atoms with Crippen LogP contribution in [-0.2, 0) is 16.0 Å². The molecule has 12 heteroatoms. The van der Waals surface area contributed by atoms with Gasteiger partial charge < -0.3 is 41.6 Å². The third-order valence-corrected chi connectivity index (χ3v) is 6.31. The van der Waals surface area contributed by atoms with Gasteiger partial charge in [0.25, 0.3) is 5.91 Å². The highest BCUT2D eigenvalue weighted by Gasteiger charge is 2.20. The monoisotopic (exact) mass is 544 g/mol. The number of hydrogen-bond acceptors (Lipinski definition) is 11. The summed E-state index contributed by atoms with van der Waals surface area (Å²) in [5, 5.41) is 22.6. The smallest absolute Gasteiger partial charge is 0.251 e. The fraction of sp³-hybridized carbons (Fsp3) is 0.630. The second-order valence-electron chi connectivity index (χ2n) is 9.56. The summed E-state index contributed by atoms with van der Waals surface area (Å²) in [6.07, 6.45) is 5.20. The molecule has 0 unspecified atom stereocenters. The molecule has 1 fully saturated rings. The van der Waals surface area contributed by atoms with Gasteiger partial charge >= 0.3 is 0 Å². The molecule has 1 aromatic heterocycles. The molecule has 1 aliphatic rings. The van der Waals surface area contributed by atoms with E-state index in [2.05, 4.69) is 43.1 Å². The highest BCUT2D eigenvalue weighted by molar-refractivity contribution is 5.94. The zero-order chi connectivity index (χ0) is 27.7. The van der Waals surface area contributed by atoms with Crippen molar-refractivity contribution < 1.29 is 19.4 Å². The van der Waals surface area contributed by atoms with E-state index < -0.39 is 0 Å². The predicted molar refractivity (Wildman–Crippen MR) is 152 cm³/mol. The number of carbonyl (C=O) groups is 1. The standard InChI is InChI=1S/C27H44N8O4/c1-2-3-13-30-25-33-26(35-27(34-25)32-22-8-10-23(36)11-9-22)31-19-20-4-6-21(7-5-20)24(37)29-14-16-39-18-17-38-15-12-28/h4-7,22-23,36H,2-3,8-19,28H2,1H3,(H,29,37)(H3,30,31,32,33,34,35). The minimum Gasteiger partial charge on any atom is -0.393 e. The van der Waals surface area contributed by atoms with Crippen molar-refractivity contribution in [2.45, 2.75) is 64.1 Å². The molecule has 0 aliphatic heterocycles. The van der Waals surface area contributed by atoms with Crippen LogP contribution in [0.4, 0.5) is 17.8 Å². The fourth-order valence-corrected chi connectivity index (χ4v) is 4.08. The topological polar surface area (TPSA) is 169 Å². The van der Waals surface area contributed by atoms with Gasteiger partial charge in [-0.15, -0.1) is 0 Å². The Labute approximate surface area is 230 Å². The summed E-state index contributed by atoms with van der Waals surface area (Å²) in [7, 11) is 0. The van der Waals surface area contributed by atoms with Crippen LogP contribution in [0, 0.1) is 0 Å². The summed E-state index contributed by atoms with van der Waals surface area (Å²) in [6.45, 7) is 6.23. The van der Waals surface area contributed by atoms with Gasteiger partial charge in [-0.3, -0.25) is 4.79 Å². The molecule has 1 aromatic carbocycles. The average Bonchev–Trinajstić information content (AvgIpc) is 2.95. The molecule has 39 heavy (non-hydrogen) atoms. The molecule has 1 amide bonds. The van der Waals surface area contributed by atoms with Crippen LogP contribution in [0.3, 0.4) is 0 Å². The number of anilines is 3. The highest BCUT2D eigenvalue weighted by Crippen LogP contribution is 2.22. The summed E-state index contributed by atoms with van der Waals surface area (Å²) in [5.41, 5.74) is 6.93. The van der Waals surface area contributed by atoms with Crippen LogP contribution in [0.2, 0.25) is 0 Å². The Morgan fingerprint density at radius 3 is 2.28 bits per heavy atom. The van der Waals surface area contributed by atoms with Crippen molar-refractivity contribution in [1.82, 2.24) is 20.3 Å². The quantitative estimate of drug-likeness (QED) is 0.152. The second-order valence-corrected chi connectivity index (χ2v) is 9.56. The number of rotatable bonds is 18. The van der Waals surface area contributed by atoms with E-state index >= 15 is 0 Å². The molecule has 216 valence electrons. The number of aliphatic hydroxyl groups is 1. The van der Waals surface area contributed by atoms with Gasteiger partial charge in [0, 0.05) is 37.8 Å². The number of nitrogens with one attached hydrogen (secondary N) is 4. The molecule has 1 heterocycles. The van der Waals surface area contributed by atoms with Gasteiger partial charge in [0.15, 0.2) is 0 Å². The van der Waals surface area contributed by atoms with Crippen LogP contribution in [0.5, 0.6) is 0 Å². The Hall–Kier alpha value is -3.06. The van der Waals surface area contributed by atoms with Crippen molar-refractivity contribution in [3.05, 3.63) is 35.4 Å². The fourth-order valence-electron chi connectivity index (χ4n) is 4.08. The number of carbonyl (C=O) groups excluding carboxylic acids is 1. The van der Waals surface area contributed by atoms with Gasteiger partial charge in [-0.1, -0.05) is 25.5 Å². The molecule has 0 radical (unpaired) electrons. The number of amides is 1. The van der Waals surface area contributed by atoms with Crippen molar-refractivity contribution in [3.63, 3.8) is 0 Å². The van der Waals surface area contributed by atoms with E-state index in [0.717, 1.165) is 50.6 Å². The Bertz CT molecular complexity index is 971. The number of hydrogen-bond donors (Lipinski definition) is 6. The van der Waals surface area contributed by atoms with Crippen LogP contribution in [-0.4, -0.2) is 84.2 Å². The van der Waals surface area contributed by atoms with Gasteiger partial charge in [-0.2, -0.15) is 15.0 Å². The van der Waals surface area contributed by atoms with Crippen molar-refractivity contribution in [2.24, 2.45) is 5.73 Å². The zero-order valence-corrected chi connectivity index (χ0v) is 23.0. The van der Waals surface area contributed by atoms with Gasteiger partial charge in [-0.25, -0.2) is 0 Å². The first-order valence-electron chi connectivity index (χ1n) is 14.0. The van der Waals surface area contributed by atoms with E-state index in [1.807, 2.05) is 12.1 Å².